The predicted octanol–water partition coefficient (Wildman–Crippen LogP) is 3.58. The third kappa shape index (κ3) is 4.05. The second-order valence-corrected chi connectivity index (χ2v) is 5.69. The van der Waals surface area contributed by atoms with Crippen molar-refractivity contribution in [3.8, 4) is 0 Å². The van der Waals surface area contributed by atoms with Crippen LogP contribution in [0, 0.1) is 6.92 Å². The van der Waals surface area contributed by atoms with E-state index in [1.807, 2.05) is 12.3 Å². The molecule has 2 rings (SSSR count). The molecule has 0 amide bonds. The first-order valence-corrected chi connectivity index (χ1v) is 7.05. The van der Waals surface area contributed by atoms with E-state index in [9.17, 15) is 13.2 Å². The molecule has 2 N–H and O–H groups in total. The predicted molar refractivity (Wildman–Crippen MR) is 73.7 cm³/mol. The monoisotopic (exact) mass is 300 g/mol. The average Bonchev–Trinajstić information content (AvgIpc) is 2.73. The van der Waals surface area contributed by atoms with Crippen LogP contribution in [-0.4, -0.2) is 11.0 Å². The van der Waals surface area contributed by atoms with Gasteiger partial charge >= 0.3 is 6.18 Å². The lowest BCUT2D eigenvalue weighted by atomic mass is 10.0. The Balaban J connectivity index is 2.02. The van der Waals surface area contributed by atoms with Crippen molar-refractivity contribution >= 4 is 11.3 Å². The molecule has 1 atom stereocenters. The fraction of sp³-hybridized carbons (Fsp3) is 0.357. The minimum absolute atomic E-state index is 0.232. The summed E-state index contributed by atoms with van der Waals surface area (Å²) in [6, 6.07) is 5.08. The number of thiazole rings is 1. The maximum Gasteiger partial charge on any atom is 0.416 e. The lowest BCUT2D eigenvalue weighted by Gasteiger charge is -2.12. The summed E-state index contributed by atoms with van der Waals surface area (Å²) >= 11 is 1.52. The molecule has 0 saturated heterocycles. The van der Waals surface area contributed by atoms with Gasteiger partial charge in [-0.25, -0.2) is 4.98 Å². The Morgan fingerprint density at radius 3 is 2.65 bits per heavy atom. The smallest absolute Gasteiger partial charge is 0.327 e. The van der Waals surface area contributed by atoms with Crippen molar-refractivity contribution in [2.45, 2.75) is 32.0 Å². The van der Waals surface area contributed by atoms with Crippen LogP contribution in [0.4, 0.5) is 13.2 Å². The van der Waals surface area contributed by atoms with E-state index < -0.39 is 11.7 Å². The molecule has 0 radical (unpaired) electrons. The Bertz CT molecular complexity index is 578. The van der Waals surface area contributed by atoms with Gasteiger partial charge in [0.1, 0.15) is 0 Å². The first-order chi connectivity index (χ1) is 9.34. The lowest BCUT2D eigenvalue weighted by molar-refractivity contribution is -0.137. The van der Waals surface area contributed by atoms with E-state index in [1.165, 1.54) is 17.4 Å². The van der Waals surface area contributed by atoms with Gasteiger partial charge in [-0.1, -0.05) is 18.2 Å². The van der Waals surface area contributed by atoms with E-state index >= 15 is 0 Å². The van der Waals surface area contributed by atoms with Crippen molar-refractivity contribution in [3.05, 3.63) is 51.5 Å². The van der Waals surface area contributed by atoms with E-state index in [0.717, 1.165) is 22.8 Å². The molecule has 0 fully saturated rings. The lowest BCUT2D eigenvalue weighted by Crippen LogP contribution is -2.25. The summed E-state index contributed by atoms with van der Waals surface area (Å²) < 4.78 is 37.8. The van der Waals surface area contributed by atoms with Gasteiger partial charge in [-0.2, -0.15) is 13.2 Å². The highest BCUT2D eigenvalue weighted by atomic mass is 32.1. The molecule has 0 bridgehead atoms. The summed E-state index contributed by atoms with van der Waals surface area (Å²) in [5.74, 6) is 0. The summed E-state index contributed by atoms with van der Waals surface area (Å²) in [6.07, 6.45) is -3.33. The second kappa shape index (κ2) is 5.93. The van der Waals surface area contributed by atoms with Gasteiger partial charge in [0.05, 0.1) is 10.6 Å². The third-order valence-electron chi connectivity index (χ3n) is 2.86. The summed E-state index contributed by atoms with van der Waals surface area (Å²) in [7, 11) is 0. The number of aromatic nitrogens is 1. The van der Waals surface area contributed by atoms with Crippen molar-refractivity contribution in [1.29, 1.82) is 0 Å². The van der Waals surface area contributed by atoms with E-state index in [1.54, 1.807) is 6.07 Å². The summed E-state index contributed by atoms with van der Waals surface area (Å²) in [4.78, 5) is 4.31. The van der Waals surface area contributed by atoms with Crippen LogP contribution >= 0.6 is 11.3 Å². The number of benzene rings is 1. The Labute approximate surface area is 119 Å². The quantitative estimate of drug-likeness (QED) is 0.937. The molecule has 0 aliphatic rings. The molecule has 108 valence electrons. The highest BCUT2D eigenvalue weighted by Gasteiger charge is 2.30. The molecular weight excluding hydrogens is 285 g/mol. The third-order valence-corrected chi connectivity index (χ3v) is 3.84. The SMILES string of the molecule is Cc1csc(CC(N)Cc2cccc(C(F)(F)F)c2)n1. The van der Waals surface area contributed by atoms with Gasteiger partial charge in [0.15, 0.2) is 0 Å². The molecule has 1 heterocycles. The van der Waals surface area contributed by atoms with Crippen LogP contribution in [0.3, 0.4) is 0 Å². The number of rotatable bonds is 4. The van der Waals surface area contributed by atoms with E-state index in [-0.39, 0.29) is 6.04 Å². The summed E-state index contributed by atoms with van der Waals surface area (Å²) in [5.41, 5.74) is 6.90. The highest BCUT2D eigenvalue weighted by molar-refractivity contribution is 7.09. The zero-order chi connectivity index (χ0) is 14.8. The number of hydrogen-bond donors (Lipinski definition) is 1. The van der Waals surface area contributed by atoms with Gasteiger partial charge in [0.25, 0.3) is 0 Å². The molecular formula is C14H15F3N2S. The molecule has 2 aromatic rings. The van der Waals surface area contributed by atoms with Gasteiger partial charge in [0, 0.05) is 23.5 Å². The first-order valence-electron chi connectivity index (χ1n) is 6.17. The Hall–Kier alpha value is -1.40. The fourth-order valence-corrected chi connectivity index (χ4v) is 2.84. The van der Waals surface area contributed by atoms with Gasteiger partial charge in [-0.3, -0.25) is 0 Å². The molecule has 0 aliphatic carbocycles. The number of aryl methyl sites for hydroxylation is 1. The zero-order valence-corrected chi connectivity index (χ0v) is 11.8. The number of nitrogens with two attached hydrogens (primary N) is 1. The molecule has 2 nitrogen and oxygen atoms in total. The van der Waals surface area contributed by atoms with Crippen LogP contribution < -0.4 is 5.73 Å². The van der Waals surface area contributed by atoms with Crippen LogP contribution in [-0.2, 0) is 19.0 Å². The summed E-state index contributed by atoms with van der Waals surface area (Å²) in [5, 5.41) is 2.86. The van der Waals surface area contributed by atoms with E-state index in [0.29, 0.717) is 18.4 Å². The largest absolute Gasteiger partial charge is 0.416 e. The van der Waals surface area contributed by atoms with Crippen molar-refractivity contribution < 1.29 is 13.2 Å². The van der Waals surface area contributed by atoms with Crippen LogP contribution in [0.15, 0.2) is 29.6 Å². The van der Waals surface area contributed by atoms with E-state index in [4.69, 9.17) is 5.73 Å². The maximum atomic E-state index is 12.6. The minimum Gasteiger partial charge on any atom is -0.327 e. The van der Waals surface area contributed by atoms with Crippen LogP contribution in [0.5, 0.6) is 0 Å². The average molecular weight is 300 g/mol. The highest BCUT2D eigenvalue weighted by Crippen LogP contribution is 2.29. The molecule has 6 heteroatoms. The van der Waals surface area contributed by atoms with Gasteiger partial charge in [-0.05, 0) is 25.0 Å². The molecule has 0 saturated carbocycles. The first kappa shape index (κ1) is 15.0. The Kier molecular flexibility index (Phi) is 4.45. The topological polar surface area (TPSA) is 38.9 Å². The molecule has 1 unspecified atom stereocenters. The standard InChI is InChI=1S/C14H15F3N2S/c1-9-8-20-13(19-9)7-12(18)6-10-3-2-4-11(5-10)14(15,16)17/h2-5,8,12H,6-7,18H2,1H3. The minimum atomic E-state index is -4.31. The second-order valence-electron chi connectivity index (χ2n) is 4.75. The fourth-order valence-electron chi connectivity index (χ4n) is 1.97. The molecule has 20 heavy (non-hydrogen) atoms. The summed E-state index contributed by atoms with van der Waals surface area (Å²) in [6.45, 7) is 1.90. The number of halogens is 3. The van der Waals surface area contributed by atoms with Crippen LogP contribution in [0.25, 0.3) is 0 Å². The Morgan fingerprint density at radius 1 is 1.30 bits per heavy atom. The normalized spacial score (nSPS) is 13.4. The zero-order valence-electron chi connectivity index (χ0n) is 10.9. The molecule has 1 aromatic carbocycles. The number of hydrogen-bond acceptors (Lipinski definition) is 3. The van der Waals surface area contributed by atoms with Crippen LogP contribution in [0.2, 0.25) is 0 Å². The molecule has 0 spiro atoms. The van der Waals surface area contributed by atoms with Crippen LogP contribution in [0.1, 0.15) is 21.8 Å². The van der Waals surface area contributed by atoms with Gasteiger partial charge < -0.3 is 5.73 Å². The maximum absolute atomic E-state index is 12.6. The van der Waals surface area contributed by atoms with Crippen molar-refractivity contribution in [1.82, 2.24) is 4.98 Å². The van der Waals surface area contributed by atoms with Gasteiger partial charge in [-0.15, -0.1) is 11.3 Å². The van der Waals surface area contributed by atoms with Crippen molar-refractivity contribution in [2.75, 3.05) is 0 Å². The number of nitrogens with zero attached hydrogens (tertiary/aromatic N) is 1. The van der Waals surface area contributed by atoms with Crippen molar-refractivity contribution in [2.24, 2.45) is 5.73 Å². The number of alkyl halides is 3. The van der Waals surface area contributed by atoms with Gasteiger partial charge in [0.2, 0.25) is 0 Å². The van der Waals surface area contributed by atoms with E-state index in [2.05, 4.69) is 4.98 Å². The Morgan fingerprint density at radius 2 is 2.05 bits per heavy atom. The van der Waals surface area contributed by atoms with Crippen molar-refractivity contribution in [3.63, 3.8) is 0 Å². The molecule has 0 aliphatic heterocycles. The molecule has 1 aromatic heterocycles.